The number of hydrogen-bond donors (Lipinski definition) is 2. The molecule has 114 valence electrons. The van der Waals surface area contributed by atoms with Crippen LogP contribution in [0.4, 0.5) is 0 Å². The Morgan fingerprint density at radius 3 is 2.67 bits per heavy atom. The van der Waals surface area contributed by atoms with E-state index in [0.29, 0.717) is 5.02 Å². The molecule has 1 aromatic heterocycles. The van der Waals surface area contributed by atoms with E-state index in [2.05, 4.69) is 10.6 Å². The number of nitrogens with one attached hydrogen (secondary N) is 2. The van der Waals surface area contributed by atoms with Crippen LogP contribution >= 0.6 is 11.6 Å². The average molecular weight is 308 g/mol. The van der Waals surface area contributed by atoms with Gasteiger partial charge in [-0.05, 0) is 45.5 Å². The van der Waals surface area contributed by atoms with Crippen LogP contribution in [0.1, 0.15) is 26.3 Å². The first-order valence-electron chi connectivity index (χ1n) is 7.03. The van der Waals surface area contributed by atoms with Crippen molar-refractivity contribution < 1.29 is 4.79 Å². The minimum Gasteiger partial charge on any atom is -0.350 e. The third-order valence-corrected chi connectivity index (χ3v) is 3.36. The maximum Gasteiger partial charge on any atom is 0.240 e. The Labute approximate surface area is 130 Å². The van der Waals surface area contributed by atoms with Gasteiger partial charge in [0, 0.05) is 28.7 Å². The van der Waals surface area contributed by atoms with E-state index >= 15 is 0 Å². The summed E-state index contributed by atoms with van der Waals surface area (Å²) in [6.45, 7) is 6.97. The molecule has 2 rings (SSSR count). The van der Waals surface area contributed by atoms with Crippen LogP contribution in [0.5, 0.6) is 0 Å². The molecule has 5 heteroatoms. The number of nitrogens with zero attached hydrogens (tertiary/aromatic N) is 1. The first-order chi connectivity index (χ1) is 9.80. The highest BCUT2D eigenvalue weighted by Gasteiger charge is 2.16. The van der Waals surface area contributed by atoms with E-state index in [1.54, 1.807) is 0 Å². The van der Waals surface area contributed by atoms with Crippen LogP contribution in [0.15, 0.2) is 24.4 Å². The van der Waals surface area contributed by atoms with Crippen molar-refractivity contribution in [2.24, 2.45) is 0 Å². The smallest absolute Gasteiger partial charge is 0.240 e. The maximum atomic E-state index is 12.1. The first-order valence-corrected chi connectivity index (χ1v) is 7.41. The number of hydrogen-bond acceptors (Lipinski definition) is 2. The number of carbonyl (C=O) groups excluding carboxylic acids is 1. The molecule has 0 fully saturated rings. The van der Waals surface area contributed by atoms with Gasteiger partial charge in [-0.25, -0.2) is 0 Å². The van der Waals surface area contributed by atoms with E-state index in [-0.39, 0.29) is 18.0 Å². The van der Waals surface area contributed by atoms with Gasteiger partial charge in [0.1, 0.15) is 6.54 Å². The molecule has 2 N–H and O–H groups in total. The average Bonchev–Trinajstić information content (AvgIpc) is 2.65. The molecule has 0 aliphatic heterocycles. The molecule has 1 aromatic carbocycles. The van der Waals surface area contributed by atoms with Crippen LogP contribution in [-0.2, 0) is 17.9 Å². The molecule has 0 radical (unpaired) electrons. The molecule has 0 saturated heterocycles. The summed E-state index contributed by atoms with van der Waals surface area (Å²) in [5.41, 5.74) is 1.91. The van der Waals surface area contributed by atoms with E-state index in [1.165, 1.54) is 0 Å². The van der Waals surface area contributed by atoms with Crippen LogP contribution in [0.2, 0.25) is 5.02 Å². The fraction of sp³-hybridized carbons (Fsp3) is 0.438. The molecular weight excluding hydrogens is 286 g/mol. The topological polar surface area (TPSA) is 46.1 Å². The van der Waals surface area contributed by atoms with E-state index < -0.39 is 0 Å². The third kappa shape index (κ3) is 3.99. The molecule has 0 aliphatic carbocycles. The van der Waals surface area contributed by atoms with Gasteiger partial charge in [0.2, 0.25) is 5.91 Å². The minimum atomic E-state index is -0.231. The lowest BCUT2D eigenvalue weighted by Crippen LogP contribution is -2.42. The second-order valence-corrected chi connectivity index (χ2v) is 6.71. The van der Waals surface area contributed by atoms with Gasteiger partial charge in [-0.15, -0.1) is 0 Å². The fourth-order valence-corrected chi connectivity index (χ4v) is 2.58. The van der Waals surface area contributed by atoms with Crippen LogP contribution in [-0.4, -0.2) is 23.1 Å². The Bertz CT molecular complexity index is 655. The standard InChI is InChI=1S/C16H22ClN3O/c1-16(2,3)19-15(21)10-20-9-11(8-18-4)13-6-5-12(17)7-14(13)20/h5-7,9,18H,8,10H2,1-4H3,(H,19,21). The van der Waals surface area contributed by atoms with Crippen LogP contribution in [0, 0.1) is 0 Å². The first kappa shape index (κ1) is 15.9. The molecule has 0 unspecified atom stereocenters. The van der Waals surface area contributed by atoms with Crippen LogP contribution in [0.25, 0.3) is 10.9 Å². The predicted molar refractivity (Wildman–Crippen MR) is 87.6 cm³/mol. The Morgan fingerprint density at radius 2 is 2.05 bits per heavy atom. The monoisotopic (exact) mass is 307 g/mol. The zero-order chi connectivity index (χ0) is 15.6. The third-order valence-electron chi connectivity index (χ3n) is 3.12. The number of amides is 1. The highest BCUT2D eigenvalue weighted by molar-refractivity contribution is 6.31. The highest BCUT2D eigenvalue weighted by Crippen LogP contribution is 2.25. The van der Waals surface area contributed by atoms with Crippen molar-refractivity contribution in [1.82, 2.24) is 15.2 Å². The predicted octanol–water partition coefficient (Wildman–Crippen LogP) is 2.93. The number of benzene rings is 1. The molecule has 1 heterocycles. The molecular formula is C16H22ClN3O. The number of rotatable bonds is 4. The molecule has 4 nitrogen and oxygen atoms in total. The molecule has 21 heavy (non-hydrogen) atoms. The largest absolute Gasteiger partial charge is 0.350 e. The normalized spacial score (nSPS) is 11.9. The fourth-order valence-electron chi connectivity index (χ4n) is 2.42. The molecule has 2 aromatic rings. The summed E-state index contributed by atoms with van der Waals surface area (Å²) in [4.78, 5) is 12.1. The molecule has 0 spiro atoms. The minimum absolute atomic E-state index is 0.00427. The molecule has 0 saturated carbocycles. The molecule has 0 aliphatic rings. The number of fused-ring (bicyclic) bond motifs is 1. The Morgan fingerprint density at radius 1 is 1.33 bits per heavy atom. The summed E-state index contributed by atoms with van der Waals surface area (Å²) >= 11 is 6.09. The highest BCUT2D eigenvalue weighted by atomic mass is 35.5. The van der Waals surface area contributed by atoms with Crippen LogP contribution in [0.3, 0.4) is 0 Å². The zero-order valence-electron chi connectivity index (χ0n) is 13.0. The van der Waals surface area contributed by atoms with Gasteiger partial charge in [-0.3, -0.25) is 4.79 Å². The summed E-state index contributed by atoms with van der Waals surface area (Å²) in [5.74, 6) is -0.00427. The van der Waals surface area contributed by atoms with E-state index in [9.17, 15) is 4.79 Å². The number of aromatic nitrogens is 1. The summed E-state index contributed by atoms with van der Waals surface area (Å²) in [5, 5.41) is 7.93. The summed E-state index contributed by atoms with van der Waals surface area (Å²) in [6.07, 6.45) is 2.01. The van der Waals surface area contributed by atoms with Crippen molar-refractivity contribution >= 4 is 28.4 Å². The van der Waals surface area contributed by atoms with E-state index in [0.717, 1.165) is 23.0 Å². The second kappa shape index (κ2) is 6.08. The molecule has 1 amide bonds. The summed E-state index contributed by atoms with van der Waals surface area (Å²) in [6, 6.07) is 5.78. The van der Waals surface area contributed by atoms with Gasteiger partial charge in [-0.2, -0.15) is 0 Å². The van der Waals surface area contributed by atoms with Crippen molar-refractivity contribution in [3.63, 3.8) is 0 Å². The van der Waals surface area contributed by atoms with Crippen molar-refractivity contribution in [3.05, 3.63) is 35.0 Å². The Balaban J connectivity index is 2.34. The second-order valence-electron chi connectivity index (χ2n) is 6.27. The molecule has 0 bridgehead atoms. The Hall–Kier alpha value is -1.52. The van der Waals surface area contributed by atoms with Crippen molar-refractivity contribution in [3.8, 4) is 0 Å². The number of carbonyl (C=O) groups is 1. The van der Waals surface area contributed by atoms with E-state index in [1.807, 2.05) is 56.8 Å². The van der Waals surface area contributed by atoms with Gasteiger partial charge in [0.05, 0.1) is 5.52 Å². The SMILES string of the molecule is CNCc1cn(CC(=O)NC(C)(C)C)c2cc(Cl)ccc12. The molecule has 0 atom stereocenters. The van der Waals surface area contributed by atoms with Gasteiger partial charge in [0.25, 0.3) is 0 Å². The van der Waals surface area contributed by atoms with Crippen molar-refractivity contribution in [2.75, 3.05) is 7.05 Å². The van der Waals surface area contributed by atoms with Crippen LogP contribution < -0.4 is 10.6 Å². The van der Waals surface area contributed by atoms with Gasteiger partial charge >= 0.3 is 0 Å². The lowest BCUT2D eigenvalue weighted by atomic mass is 10.1. The van der Waals surface area contributed by atoms with Gasteiger partial charge in [-0.1, -0.05) is 17.7 Å². The zero-order valence-corrected chi connectivity index (χ0v) is 13.7. The maximum absolute atomic E-state index is 12.1. The quantitative estimate of drug-likeness (QED) is 0.912. The Kier molecular flexibility index (Phi) is 4.59. The van der Waals surface area contributed by atoms with E-state index in [4.69, 9.17) is 11.6 Å². The lowest BCUT2D eigenvalue weighted by Gasteiger charge is -2.20. The summed E-state index contributed by atoms with van der Waals surface area (Å²) in [7, 11) is 1.91. The lowest BCUT2D eigenvalue weighted by molar-refractivity contribution is -0.123. The van der Waals surface area contributed by atoms with Gasteiger partial charge < -0.3 is 15.2 Å². The summed E-state index contributed by atoms with van der Waals surface area (Å²) < 4.78 is 1.95. The van der Waals surface area contributed by atoms with Gasteiger partial charge in [0.15, 0.2) is 0 Å². The van der Waals surface area contributed by atoms with Crippen molar-refractivity contribution in [1.29, 1.82) is 0 Å². The van der Waals surface area contributed by atoms with Crippen molar-refractivity contribution in [2.45, 2.75) is 39.4 Å². The number of halogens is 1.